The highest BCUT2D eigenvalue weighted by molar-refractivity contribution is 5.91. The van der Waals surface area contributed by atoms with Crippen LogP contribution in [-0.4, -0.2) is 16.1 Å². The number of carboxylic acid groups (broad SMARTS) is 1. The second-order valence-corrected chi connectivity index (χ2v) is 5.35. The summed E-state index contributed by atoms with van der Waals surface area (Å²) >= 11 is 0. The summed E-state index contributed by atoms with van der Waals surface area (Å²) in [5.74, 6) is -0.251. The fraction of sp³-hybridized carbons (Fsp3) is 0.100. The molecule has 3 aromatic rings. The summed E-state index contributed by atoms with van der Waals surface area (Å²) in [7, 11) is 0. The van der Waals surface area contributed by atoms with Crippen LogP contribution < -0.4 is 9.47 Å². The molecule has 0 atom stereocenters. The molecule has 1 aromatic heterocycles. The number of hydrogen-bond donors (Lipinski definition) is 1. The van der Waals surface area contributed by atoms with Crippen molar-refractivity contribution in [1.82, 2.24) is 4.98 Å². The lowest BCUT2D eigenvalue weighted by Gasteiger charge is -2.12. The highest BCUT2D eigenvalue weighted by Gasteiger charge is 2.13. The predicted octanol–water partition coefficient (Wildman–Crippen LogP) is 3.94. The van der Waals surface area contributed by atoms with Crippen LogP contribution in [0.15, 0.2) is 72.9 Å². The second-order valence-electron chi connectivity index (χ2n) is 5.35. The third-order valence-electron chi connectivity index (χ3n) is 3.53. The molecule has 0 aliphatic heterocycles. The van der Waals surface area contributed by atoms with Gasteiger partial charge in [0.1, 0.15) is 30.3 Å². The van der Waals surface area contributed by atoms with Gasteiger partial charge in [-0.05, 0) is 29.8 Å². The van der Waals surface area contributed by atoms with Gasteiger partial charge in [-0.2, -0.15) is 0 Å². The van der Waals surface area contributed by atoms with Crippen LogP contribution in [0.1, 0.15) is 21.6 Å². The molecule has 2 aromatic carbocycles. The standard InChI is InChI=1S/C20H17NO4/c22-20(23)18-10-9-17(24-13-15-6-2-1-3-7-15)12-19(18)25-14-16-8-4-5-11-21-16/h1-12H,13-14H2,(H,22,23). The van der Waals surface area contributed by atoms with Crippen molar-refractivity contribution in [2.75, 3.05) is 0 Å². The normalized spacial score (nSPS) is 10.2. The van der Waals surface area contributed by atoms with E-state index in [9.17, 15) is 9.90 Å². The van der Waals surface area contributed by atoms with E-state index in [1.54, 1.807) is 18.3 Å². The summed E-state index contributed by atoms with van der Waals surface area (Å²) in [5.41, 5.74) is 1.83. The monoisotopic (exact) mass is 335 g/mol. The number of benzene rings is 2. The minimum atomic E-state index is -1.05. The molecule has 0 unspecified atom stereocenters. The Hall–Kier alpha value is -3.34. The van der Waals surface area contributed by atoms with Crippen LogP contribution >= 0.6 is 0 Å². The van der Waals surface area contributed by atoms with Gasteiger partial charge >= 0.3 is 5.97 Å². The Balaban J connectivity index is 1.73. The van der Waals surface area contributed by atoms with E-state index in [-0.39, 0.29) is 17.9 Å². The van der Waals surface area contributed by atoms with Crippen LogP contribution in [0.25, 0.3) is 0 Å². The Kier molecular flexibility index (Phi) is 5.26. The third kappa shape index (κ3) is 4.57. The minimum absolute atomic E-state index is 0.0861. The average molecular weight is 335 g/mol. The number of rotatable bonds is 7. The molecule has 0 radical (unpaired) electrons. The Bertz CT molecular complexity index is 835. The van der Waals surface area contributed by atoms with Crippen molar-refractivity contribution in [3.05, 3.63) is 89.7 Å². The minimum Gasteiger partial charge on any atom is -0.489 e. The largest absolute Gasteiger partial charge is 0.489 e. The van der Waals surface area contributed by atoms with E-state index >= 15 is 0 Å². The molecule has 0 aliphatic carbocycles. The molecule has 0 bridgehead atoms. The van der Waals surface area contributed by atoms with Crippen LogP contribution in [0.4, 0.5) is 0 Å². The molecule has 25 heavy (non-hydrogen) atoms. The molecule has 0 aliphatic rings. The fourth-order valence-corrected chi connectivity index (χ4v) is 2.26. The molecule has 0 saturated heterocycles. The molecule has 0 spiro atoms. The Morgan fingerprint density at radius 1 is 0.920 bits per heavy atom. The van der Waals surface area contributed by atoms with Crippen LogP contribution in [0.5, 0.6) is 11.5 Å². The lowest BCUT2D eigenvalue weighted by molar-refractivity contribution is 0.0691. The van der Waals surface area contributed by atoms with E-state index in [1.807, 2.05) is 48.5 Å². The highest BCUT2D eigenvalue weighted by Crippen LogP contribution is 2.26. The van der Waals surface area contributed by atoms with Crippen LogP contribution in [0.2, 0.25) is 0 Å². The van der Waals surface area contributed by atoms with Crippen LogP contribution in [0, 0.1) is 0 Å². The van der Waals surface area contributed by atoms with Crippen LogP contribution in [-0.2, 0) is 13.2 Å². The summed E-state index contributed by atoms with van der Waals surface area (Å²) in [6.07, 6.45) is 1.66. The van der Waals surface area contributed by atoms with Gasteiger partial charge in [0.25, 0.3) is 0 Å². The van der Waals surface area contributed by atoms with Gasteiger partial charge in [-0.3, -0.25) is 4.98 Å². The van der Waals surface area contributed by atoms with E-state index in [0.29, 0.717) is 12.4 Å². The smallest absolute Gasteiger partial charge is 0.339 e. The van der Waals surface area contributed by atoms with Gasteiger partial charge in [0.2, 0.25) is 0 Å². The molecule has 126 valence electrons. The maximum atomic E-state index is 11.4. The first-order valence-electron chi connectivity index (χ1n) is 7.79. The van der Waals surface area contributed by atoms with Crippen LogP contribution in [0.3, 0.4) is 0 Å². The lowest BCUT2D eigenvalue weighted by atomic mass is 10.2. The van der Waals surface area contributed by atoms with Gasteiger partial charge in [0.05, 0.1) is 5.69 Å². The summed E-state index contributed by atoms with van der Waals surface area (Å²) in [4.78, 5) is 15.6. The van der Waals surface area contributed by atoms with E-state index in [4.69, 9.17) is 9.47 Å². The average Bonchev–Trinajstić information content (AvgIpc) is 2.66. The Morgan fingerprint density at radius 3 is 2.44 bits per heavy atom. The third-order valence-corrected chi connectivity index (χ3v) is 3.53. The first kappa shape index (κ1) is 16.5. The summed E-state index contributed by atoms with van der Waals surface area (Å²) in [6, 6.07) is 19.9. The summed E-state index contributed by atoms with van der Waals surface area (Å²) in [5, 5.41) is 9.33. The first-order valence-corrected chi connectivity index (χ1v) is 7.79. The molecule has 3 rings (SSSR count). The van der Waals surface area contributed by atoms with Gasteiger partial charge in [-0.1, -0.05) is 36.4 Å². The molecule has 0 fully saturated rings. The van der Waals surface area contributed by atoms with Gasteiger partial charge in [0.15, 0.2) is 0 Å². The molecule has 1 N–H and O–H groups in total. The lowest BCUT2D eigenvalue weighted by Crippen LogP contribution is -2.05. The van der Waals surface area contributed by atoms with Crippen molar-refractivity contribution in [3.8, 4) is 11.5 Å². The molecule has 0 amide bonds. The SMILES string of the molecule is O=C(O)c1ccc(OCc2ccccc2)cc1OCc1ccccn1. The number of hydrogen-bond acceptors (Lipinski definition) is 4. The number of nitrogens with zero attached hydrogens (tertiary/aromatic N) is 1. The fourth-order valence-electron chi connectivity index (χ4n) is 2.26. The van der Waals surface area contributed by atoms with Gasteiger partial charge in [-0.25, -0.2) is 4.79 Å². The van der Waals surface area contributed by atoms with Crippen molar-refractivity contribution in [1.29, 1.82) is 0 Å². The highest BCUT2D eigenvalue weighted by atomic mass is 16.5. The van der Waals surface area contributed by atoms with Crippen molar-refractivity contribution in [2.24, 2.45) is 0 Å². The van der Waals surface area contributed by atoms with Gasteiger partial charge in [0, 0.05) is 12.3 Å². The predicted molar refractivity (Wildman–Crippen MR) is 92.7 cm³/mol. The van der Waals surface area contributed by atoms with Crippen molar-refractivity contribution < 1.29 is 19.4 Å². The molecule has 5 nitrogen and oxygen atoms in total. The molecular weight excluding hydrogens is 318 g/mol. The van der Waals surface area contributed by atoms with E-state index in [1.165, 1.54) is 6.07 Å². The maximum Gasteiger partial charge on any atom is 0.339 e. The number of ether oxygens (including phenoxy) is 2. The summed E-state index contributed by atoms with van der Waals surface area (Å²) < 4.78 is 11.4. The molecule has 5 heteroatoms. The molecule has 0 saturated carbocycles. The Labute approximate surface area is 145 Å². The zero-order valence-corrected chi connectivity index (χ0v) is 13.5. The number of carboxylic acids is 1. The number of aromatic nitrogens is 1. The number of aromatic carboxylic acids is 1. The topological polar surface area (TPSA) is 68.7 Å². The second kappa shape index (κ2) is 7.97. The van der Waals surface area contributed by atoms with Crippen molar-refractivity contribution >= 4 is 5.97 Å². The Morgan fingerprint density at radius 2 is 1.72 bits per heavy atom. The molecule has 1 heterocycles. The van der Waals surface area contributed by atoms with Crippen molar-refractivity contribution in [3.63, 3.8) is 0 Å². The van der Waals surface area contributed by atoms with Crippen molar-refractivity contribution in [2.45, 2.75) is 13.2 Å². The number of pyridine rings is 1. The summed E-state index contributed by atoms with van der Waals surface area (Å²) in [6.45, 7) is 0.580. The van der Waals surface area contributed by atoms with E-state index in [2.05, 4.69) is 4.98 Å². The zero-order chi connectivity index (χ0) is 17.5. The van der Waals surface area contributed by atoms with Gasteiger partial charge in [-0.15, -0.1) is 0 Å². The zero-order valence-electron chi connectivity index (χ0n) is 13.5. The number of carbonyl (C=O) groups is 1. The quantitative estimate of drug-likeness (QED) is 0.708. The molecular formula is C20H17NO4. The first-order chi connectivity index (χ1) is 12.2. The van der Waals surface area contributed by atoms with Gasteiger partial charge < -0.3 is 14.6 Å². The van der Waals surface area contributed by atoms with E-state index < -0.39 is 5.97 Å². The van der Waals surface area contributed by atoms with E-state index in [0.717, 1.165) is 11.3 Å². The maximum absolute atomic E-state index is 11.4.